The molecule has 1 fully saturated rings. The molecule has 2 aromatic rings. The highest BCUT2D eigenvalue weighted by Gasteiger charge is 2.26. The highest BCUT2D eigenvalue weighted by atomic mass is 35.5. The second kappa shape index (κ2) is 8.91. The van der Waals surface area contributed by atoms with Crippen LogP contribution in [0.15, 0.2) is 42.5 Å². The van der Waals surface area contributed by atoms with Crippen LogP contribution in [0.5, 0.6) is 0 Å². The van der Waals surface area contributed by atoms with Gasteiger partial charge in [-0.05, 0) is 31.2 Å². The molecule has 3 rings (SSSR count). The lowest BCUT2D eigenvalue weighted by Gasteiger charge is -2.35. The quantitative estimate of drug-likeness (QED) is 0.421. The molecule has 0 saturated carbocycles. The van der Waals surface area contributed by atoms with Crippen molar-refractivity contribution in [3.63, 3.8) is 0 Å². The van der Waals surface area contributed by atoms with Gasteiger partial charge in [0.2, 0.25) is 0 Å². The minimum absolute atomic E-state index is 0.0654. The summed E-state index contributed by atoms with van der Waals surface area (Å²) in [5.41, 5.74) is 1.73. The first-order valence-corrected chi connectivity index (χ1v) is 9.43. The number of nitrogens with zero attached hydrogens (tertiary/aromatic N) is 3. The summed E-state index contributed by atoms with van der Waals surface area (Å²) < 4.78 is 5.13. The molecule has 8 nitrogen and oxygen atoms in total. The van der Waals surface area contributed by atoms with E-state index in [9.17, 15) is 19.7 Å². The van der Waals surface area contributed by atoms with E-state index in [2.05, 4.69) is 0 Å². The van der Waals surface area contributed by atoms with Crippen LogP contribution in [0.4, 0.5) is 11.4 Å². The number of anilines is 1. The van der Waals surface area contributed by atoms with Crippen LogP contribution in [0.25, 0.3) is 0 Å². The van der Waals surface area contributed by atoms with Gasteiger partial charge < -0.3 is 14.5 Å². The Bertz CT molecular complexity index is 941. The standard InChI is InChI=1S/C20H20ClN3O5/c1-14-3-2-4-15(11-14)20(26)29-13-19(25)23-9-7-22(8-10-23)17-6-5-16(21)12-18(17)24(27)28/h2-6,11-12H,7-10,13H2,1H3. The van der Waals surface area contributed by atoms with Gasteiger partial charge >= 0.3 is 5.97 Å². The molecule has 0 aliphatic carbocycles. The van der Waals surface area contributed by atoms with Crippen molar-refractivity contribution in [3.05, 3.63) is 68.7 Å². The van der Waals surface area contributed by atoms with Crippen molar-refractivity contribution >= 4 is 34.9 Å². The molecule has 9 heteroatoms. The van der Waals surface area contributed by atoms with Gasteiger partial charge in [0.25, 0.3) is 11.6 Å². The van der Waals surface area contributed by atoms with E-state index in [0.717, 1.165) is 5.56 Å². The highest BCUT2D eigenvalue weighted by Crippen LogP contribution is 2.31. The Morgan fingerprint density at radius 3 is 2.52 bits per heavy atom. The molecule has 0 N–H and O–H groups in total. The molecular formula is C20H20ClN3O5. The summed E-state index contributed by atoms with van der Waals surface area (Å²) in [6.07, 6.45) is 0. The number of hydrogen-bond donors (Lipinski definition) is 0. The highest BCUT2D eigenvalue weighted by molar-refractivity contribution is 6.30. The lowest BCUT2D eigenvalue weighted by Crippen LogP contribution is -2.50. The van der Waals surface area contributed by atoms with Crippen LogP contribution >= 0.6 is 11.6 Å². The molecule has 0 unspecified atom stereocenters. The van der Waals surface area contributed by atoms with Crippen LogP contribution in [0.3, 0.4) is 0 Å². The number of amides is 1. The number of nitro groups is 1. The number of benzene rings is 2. The number of carbonyl (C=O) groups excluding carboxylic acids is 2. The number of nitro benzene ring substituents is 1. The second-order valence-electron chi connectivity index (χ2n) is 6.70. The molecule has 0 radical (unpaired) electrons. The number of aryl methyl sites for hydroxylation is 1. The number of carbonyl (C=O) groups is 2. The maximum absolute atomic E-state index is 12.4. The summed E-state index contributed by atoms with van der Waals surface area (Å²) >= 11 is 5.86. The summed E-state index contributed by atoms with van der Waals surface area (Å²) in [6.45, 7) is 3.14. The Kier molecular flexibility index (Phi) is 6.33. The van der Waals surface area contributed by atoms with Crippen LogP contribution in [-0.2, 0) is 9.53 Å². The smallest absolute Gasteiger partial charge is 0.338 e. The fraction of sp³-hybridized carbons (Fsp3) is 0.300. The fourth-order valence-electron chi connectivity index (χ4n) is 3.18. The summed E-state index contributed by atoms with van der Waals surface area (Å²) in [5, 5.41) is 11.6. The van der Waals surface area contributed by atoms with E-state index in [0.29, 0.717) is 42.5 Å². The third-order valence-electron chi connectivity index (χ3n) is 4.69. The summed E-state index contributed by atoms with van der Waals surface area (Å²) in [4.78, 5) is 38.7. The largest absolute Gasteiger partial charge is 0.452 e. The average Bonchev–Trinajstić information content (AvgIpc) is 2.71. The van der Waals surface area contributed by atoms with Gasteiger partial charge in [-0.15, -0.1) is 0 Å². The van der Waals surface area contributed by atoms with Crippen molar-refractivity contribution in [3.8, 4) is 0 Å². The molecule has 0 aromatic heterocycles. The minimum Gasteiger partial charge on any atom is -0.452 e. The first-order chi connectivity index (χ1) is 13.8. The summed E-state index contributed by atoms with van der Waals surface area (Å²) in [7, 11) is 0. The van der Waals surface area contributed by atoms with Gasteiger partial charge in [-0.2, -0.15) is 0 Å². The van der Waals surface area contributed by atoms with Gasteiger partial charge in [0, 0.05) is 37.3 Å². The number of rotatable bonds is 5. The Morgan fingerprint density at radius 2 is 1.86 bits per heavy atom. The van der Waals surface area contributed by atoms with Gasteiger partial charge in [0.05, 0.1) is 10.5 Å². The Labute approximate surface area is 172 Å². The molecule has 1 amide bonds. The molecular weight excluding hydrogens is 398 g/mol. The lowest BCUT2D eigenvalue weighted by atomic mass is 10.1. The Morgan fingerprint density at radius 1 is 1.14 bits per heavy atom. The molecule has 1 saturated heterocycles. The van der Waals surface area contributed by atoms with E-state index in [4.69, 9.17) is 16.3 Å². The molecule has 0 bridgehead atoms. The summed E-state index contributed by atoms with van der Waals surface area (Å²) in [6, 6.07) is 11.5. The average molecular weight is 418 g/mol. The molecule has 29 heavy (non-hydrogen) atoms. The van der Waals surface area contributed by atoms with Crippen molar-refractivity contribution < 1.29 is 19.2 Å². The molecule has 152 valence electrons. The van der Waals surface area contributed by atoms with Gasteiger partial charge in [0.1, 0.15) is 5.69 Å². The van der Waals surface area contributed by atoms with E-state index in [1.54, 1.807) is 35.2 Å². The van der Waals surface area contributed by atoms with Crippen molar-refractivity contribution in [2.24, 2.45) is 0 Å². The Balaban J connectivity index is 1.55. The summed E-state index contributed by atoms with van der Waals surface area (Å²) in [5.74, 6) is -0.839. The molecule has 1 aliphatic rings. The third kappa shape index (κ3) is 5.03. The molecule has 0 atom stereocenters. The van der Waals surface area contributed by atoms with Crippen molar-refractivity contribution in [1.29, 1.82) is 0 Å². The van der Waals surface area contributed by atoms with E-state index in [1.165, 1.54) is 6.07 Å². The molecule has 1 aliphatic heterocycles. The topological polar surface area (TPSA) is 93.0 Å². The number of halogens is 1. The van der Waals surface area contributed by atoms with Gasteiger partial charge in [-0.1, -0.05) is 29.3 Å². The van der Waals surface area contributed by atoms with E-state index < -0.39 is 10.9 Å². The SMILES string of the molecule is Cc1cccc(C(=O)OCC(=O)N2CCN(c3ccc(Cl)cc3[N+](=O)[O-])CC2)c1. The minimum atomic E-state index is -0.544. The van der Waals surface area contributed by atoms with Crippen LogP contribution < -0.4 is 4.90 Å². The zero-order valence-electron chi connectivity index (χ0n) is 15.8. The zero-order chi connectivity index (χ0) is 21.0. The van der Waals surface area contributed by atoms with Gasteiger partial charge in [-0.25, -0.2) is 4.79 Å². The Hall–Kier alpha value is -3.13. The fourth-order valence-corrected chi connectivity index (χ4v) is 3.35. The number of ether oxygens (including phenoxy) is 1. The van der Waals surface area contributed by atoms with Gasteiger partial charge in [-0.3, -0.25) is 14.9 Å². The van der Waals surface area contributed by atoms with E-state index in [1.807, 2.05) is 17.9 Å². The zero-order valence-corrected chi connectivity index (χ0v) is 16.6. The first kappa shape index (κ1) is 20.6. The molecule has 0 spiro atoms. The third-order valence-corrected chi connectivity index (χ3v) is 4.92. The van der Waals surface area contributed by atoms with Crippen LogP contribution in [-0.4, -0.2) is 54.5 Å². The lowest BCUT2D eigenvalue weighted by molar-refractivity contribution is -0.384. The van der Waals surface area contributed by atoms with Crippen molar-refractivity contribution in [2.45, 2.75) is 6.92 Å². The predicted molar refractivity (Wildman–Crippen MR) is 108 cm³/mol. The molecule has 1 heterocycles. The molecule has 2 aromatic carbocycles. The number of esters is 1. The number of hydrogen-bond acceptors (Lipinski definition) is 6. The van der Waals surface area contributed by atoms with Crippen LogP contribution in [0.2, 0.25) is 5.02 Å². The normalized spacial score (nSPS) is 13.9. The second-order valence-corrected chi connectivity index (χ2v) is 7.14. The van der Waals surface area contributed by atoms with E-state index >= 15 is 0 Å². The van der Waals surface area contributed by atoms with Gasteiger partial charge in [0.15, 0.2) is 6.61 Å². The van der Waals surface area contributed by atoms with Crippen LogP contribution in [0, 0.1) is 17.0 Å². The monoisotopic (exact) mass is 417 g/mol. The maximum Gasteiger partial charge on any atom is 0.338 e. The van der Waals surface area contributed by atoms with Crippen molar-refractivity contribution in [1.82, 2.24) is 4.90 Å². The predicted octanol–water partition coefficient (Wildman–Crippen LogP) is 3.06. The van der Waals surface area contributed by atoms with Crippen LogP contribution in [0.1, 0.15) is 15.9 Å². The number of piperazine rings is 1. The maximum atomic E-state index is 12.4. The first-order valence-electron chi connectivity index (χ1n) is 9.05. The van der Waals surface area contributed by atoms with Crippen molar-refractivity contribution in [2.75, 3.05) is 37.7 Å². The van der Waals surface area contributed by atoms with E-state index in [-0.39, 0.29) is 18.2 Å².